The highest BCUT2D eigenvalue weighted by Crippen LogP contribution is 2.37. The summed E-state index contributed by atoms with van der Waals surface area (Å²) in [6.07, 6.45) is 1.88. The lowest BCUT2D eigenvalue weighted by molar-refractivity contribution is -0.387. The van der Waals surface area contributed by atoms with Crippen LogP contribution in [0.5, 0.6) is 17.4 Å². The van der Waals surface area contributed by atoms with Gasteiger partial charge in [-0.2, -0.15) is 4.39 Å². The number of fused-ring (bicyclic) bond motifs is 1. The van der Waals surface area contributed by atoms with Gasteiger partial charge in [0.2, 0.25) is 5.82 Å². The molecule has 1 aliphatic heterocycles. The Kier molecular flexibility index (Phi) is 5.15. The number of ether oxygens (including phenoxy) is 2. The first-order chi connectivity index (χ1) is 14.8. The predicted octanol–water partition coefficient (Wildman–Crippen LogP) is 4.53. The topological polar surface area (TPSA) is 108 Å². The molecule has 11 heteroatoms. The van der Waals surface area contributed by atoms with Crippen LogP contribution in [-0.2, 0) is 6.54 Å². The third-order valence-electron chi connectivity index (χ3n) is 4.69. The van der Waals surface area contributed by atoms with E-state index in [1.807, 2.05) is 0 Å². The van der Waals surface area contributed by atoms with Gasteiger partial charge in [0, 0.05) is 23.9 Å². The van der Waals surface area contributed by atoms with Crippen LogP contribution < -0.4 is 9.47 Å². The predicted molar refractivity (Wildman–Crippen MR) is 102 cm³/mol. The van der Waals surface area contributed by atoms with Crippen molar-refractivity contribution >= 4 is 11.8 Å². The number of hydrogen-bond donors (Lipinski definition) is 0. The number of pyridine rings is 2. The molecule has 1 aliphatic rings. The molecule has 0 N–H and O–H groups in total. The molecule has 1 aromatic carbocycles. The zero-order valence-electron chi connectivity index (χ0n) is 16.0. The summed E-state index contributed by atoms with van der Waals surface area (Å²) in [4.78, 5) is 31.8. The number of nitro benzene ring substituents is 1. The molecule has 31 heavy (non-hydrogen) atoms. The summed E-state index contributed by atoms with van der Waals surface area (Å²) in [6.45, 7) is 1.40. The van der Waals surface area contributed by atoms with Crippen molar-refractivity contribution in [3.8, 4) is 17.4 Å². The van der Waals surface area contributed by atoms with Crippen molar-refractivity contribution in [2.24, 2.45) is 0 Å². The average molecular weight is 428 g/mol. The van der Waals surface area contributed by atoms with Crippen LogP contribution in [0.4, 0.5) is 19.3 Å². The molecule has 0 fully saturated rings. The van der Waals surface area contributed by atoms with Gasteiger partial charge in [-0.15, -0.1) is 0 Å². The van der Waals surface area contributed by atoms with E-state index < -0.39 is 34.4 Å². The monoisotopic (exact) mass is 428 g/mol. The quantitative estimate of drug-likeness (QED) is 0.434. The number of benzene rings is 1. The molecule has 0 radical (unpaired) electrons. The molecule has 0 bridgehead atoms. The summed E-state index contributed by atoms with van der Waals surface area (Å²) in [6, 6.07) is 7.06. The molecule has 3 aromatic rings. The number of rotatable bonds is 5. The van der Waals surface area contributed by atoms with Gasteiger partial charge >= 0.3 is 11.8 Å². The smallest absolute Gasteiger partial charge is 0.416 e. The van der Waals surface area contributed by atoms with Gasteiger partial charge in [0.05, 0.1) is 23.7 Å². The number of amides is 1. The van der Waals surface area contributed by atoms with E-state index in [4.69, 9.17) is 9.47 Å². The highest BCUT2D eigenvalue weighted by Gasteiger charge is 2.34. The van der Waals surface area contributed by atoms with Crippen LogP contribution in [-0.4, -0.2) is 25.9 Å². The van der Waals surface area contributed by atoms with Crippen molar-refractivity contribution < 1.29 is 28.0 Å². The minimum Gasteiger partial charge on any atom is -0.435 e. The van der Waals surface area contributed by atoms with E-state index in [2.05, 4.69) is 9.97 Å². The third kappa shape index (κ3) is 3.84. The van der Waals surface area contributed by atoms with Gasteiger partial charge in [0.15, 0.2) is 17.3 Å². The molecule has 1 amide bonds. The van der Waals surface area contributed by atoms with Crippen molar-refractivity contribution in [1.82, 2.24) is 14.9 Å². The Bertz CT molecular complexity index is 1190. The largest absolute Gasteiger partial charge is 0.435 e. The standard InChI is InChI=1S/C20H14F2N4O5/c1-11-18-16(8-13(9-24-18)30-19-14(21)5-3-7-23-19)31-20(27)25(11)10-12-4-2-6-15(17(12)22)26(28)29/h2-9,11H,10H2,1H3. The molecule has 158 valence electrons. The number of halogens is 2. The fourth-order valence-electron chi connectivity index (χ4n) is 3.12. The van der Waals surface area contributed by atoms with E-state index in [0.717, 1.165) is 6.07 Å². The first-order valence-electron chi connectivity index (χ1n) is 9.03. The van der Waals surface area contributed by atoms with Crippen LogP contribution in [0.1, 0.15) is 24.2 Å². The SMILES string of the molecule is CC1c2ncc(Oc3ncccc3F)cc2OC(=O)N1Cc1cccc([N+](=O)[O-])c1F. The Hall–Kier alpha value is -4.15. The number of carbonyl (C=O) groups excluding carboxylic acids is 1. The first kappa shape index (κ1) is 20.1. The van der Waals surface area contributed by atoms with Crippen LogP contribution in [0.25, 0.3) is 0 Å². The number of carbonyl (C=O) groups is 1. The van der Waals surface area contributed by atoms with Gasteiger partial charge in [0.1, 0.15) is 5.69 Å². The van der Waals surface area contributed by atoms with Crippen molar-refractivity contribution in [2.75, 3.05) is 0 Å². The van der Waals surface area contributed by atoms with Crippen LogP contribution in [0.3, 0.4) is 0 Å². The molecule has 0 saturated heterocycles. The minimum atomic E-state index is -1.02. The van der Waals surface area contributed by atoms with E-state index in [-0.39, 0.29) is 29.5 Å². The second-order valence-electron chi connectivity index (χ2n) is 6.63. The van der Waals surface area contributed by atoms with Crippen LogP contribution in [0, 0.1) is 21.7 Å². The Morgan fingerprint density at radius 3 is 2.81 bits per heavy atom. The highest BCUT2D eigenvalue weighted by molar-refractivity contribution is 5.74. The maximum absolute atomic E-state index is 14.4. The second-order valence-corrected chi connectivity index (χ2v) is 6.63. The minimum absolute atomic E-state index is 0.0352. The lowest BCUT2D eigenvalue weighted by atomic mass is 10.1. The molecule has 0 spiro atoms. The Balaban J connectivity index is 1.59. The van der Waals surface area contributed by atoms with E-state index in [9.17, 15) is 23.7 Å². The van der Waals surface area contributed by atoms with E-state index in [0.29, 0.717) is 5.69 Å². The molecule has 0 saturated carbocycles. The molecular formula is C20H14F2N4O5. The zero-order valence-corrected chi connectivity index (χ0v) is 16.0. The summed E-state index contributed by atoms with van der Waals surface area (Å²) >= 11 is 0. The number of nitro groups is 1. The lowest BCUT2D eigenvalue weighted by Gasteiger charge is -2.33. The fourth-order valence-corrected chi connectivity index (χ4v) is 3.12. The van der Waals surface area contributed by atoms with Crippen molar-refractivity contribution in [3.63, 3.8) is 0 Å². The molecule has 2 aromatic heterocycles. The summed E-state index contributed by atoms with van der Waals surface area (Å²) < 4.78 is 38.8. The third-order valence-corrected chi connectivity index (χ3v) is 4.69. The summed E-state index contributed by atoms with van der Waals surface area (Å²) in [5, 5.41) is 11.0. The van der Waals surface area contributed by atoms with Gasteiger partial charge in [0.25, 0.3) is 5.88 Å². The van der Waals surface area contributed by atoms with Gasteiger partial charge < -0.3 is 9.47 Å². The average Bonchev–Trinajstić information content (AvgIpc) is 2.73. The molecule has 4 rings (SSSR count). The molecular weight excluding hydrogens is 414 g/mol. The van der Waals surface area contributed by atoms with Gasteiger partial charge in [-0.05, 0) is 19.1 Å². The molecule has 1 atom stereocenters. The Labute approximate surface area is 174 Å². The lowest BCUT2D eigenvalue weighted by Crippen LogP contribution is -2.39. The Morgan fingerprint density at radius 1 is 1.26 bits per heavy atom. The summed E-state index contributed by atoms with van der Waals surface area (Å²) in [5.74, 6) is -1.75. The van der Waals surface area contributed by atoms with Crippen molar-refractivity contribution in [1.29, 1.82) is 0 Å². The number of nitrogens with zero attached hydrogens (tertiary/aromatic N) is 4. The van der Waals surface area contributed by atoms with Crippen LogP contribution in [0.2, 0.25) is 0 Å². The van der Waals surface area contributed by atoms with Crippen LogP contribution in [0.15, 0.2) is 48.8 Å². The number of aromatic nitrogens is 2. The number of hydrogen-bond acceptors (Lipinski definition) is 7. The molecule has 9 nitrogen and oxygen atoms in total. The molecule has 1 unspecified atom stereocenters. The maximum atomic E-state index is 14.4. The van der Waals surface area contributed by atoms with Gasteiger partial charge in [-0.1, -0.05) is 12.1 Å². The first-order valence-corrected chi connectivity index (χ1v) is 9.03. The molecule has 3 heterocycles. The maximum Gasteiger partial charge on any atom is 0.416 e. The summed E-state index contributed by atoms with van der Waals surface area (Å²) in [7, 11) is 0. The van der Waals surface area contributed by atoms with Crippen molar-refractivity contribution in [2.45, 2.75) is 19.5 Å². The fraction of sp³-hybridized carbons (Fsp3) is 0.150. The summed E-state index contributed by atoms with van der Waals surface area (Å²) in [5.41, 5.74) is -0.357. The molecule has 0 aliphatic carbocycles. The van der Waals surface area contributed by atoms with Crippen molar-refractivity contribution in [3.05, 3.63) is 81.8 Å². The highest BCUT2D eigenvalue weighted by atomic mass is 19.1. The van der Waals surface area contributed by atoms with E-state index in [1.54, 1.807) is 6.92 Å². The van der Waals surface area contributed by atoms with Gasteiger partial charge in [-0.3, -0.25) is 20.0 Å². The van der Waals surface area contributed by atoms with E-state index >= 15 is 0 Å². The van der Waals surface area contributed by atoms with E-state index in [1.165, 1.54) is 47.6 Å². The zero-order chi connectivity index (χ0) is 22.1. The van der Waals surface area contributed by atoms with Crippen LogP contribution >= 0.6 is 0 Å². The van der Waals surface area contributed by atoms with Gasteiger partial charge in [-0.25, -0.2) is 14.2 Å². The normalized spacial score (nSPS) is 15.3. The second kappa shape index (κ2) is 7.94. The Morgan fingerprint density at radius 2 is 2.06 bits per heavy atom.